The van der Waals surface area contributed by atoms with Gasteiger partial charge in [-0.15, -0.1) is 0 Å². The molecule has 0 aromatic heterocycles. The van der Waals surface area contributed by atoms with E-state index in [0.717, 1.165) is 6.42 Å². The molecule has 1 heterocycles. The van der Waals surface area contributed by atoms with Gasteiger partial charge in [-0.2, -0.15) is 5.10 Å². The van der Waals surface area contributed by atoms with E-state index >= 15 is 0 Å². The summed E-state index contributed by atoms with van der Waals surface area (Å²) in [6.07, 6.45) is 2.90. The second kappa shape index (κ2) is 5.15. The zero-order valence-electron chi connectivity index (χ0n) is 11.2. The van der Waals surface area contributed by atoms with Crippen molar-refractivity contribution in [1.29, 1.82) is 0 Å². The predicted molar refractivity (Wildman–Crippen MR) is 65.5 cm³/mol. The molecule has 94 valence electrons. The van der Waals surface area contributed by atoms with Gasteiger partial charge in [0.1, 0.15) is 6.10 Å². The highest BCUT2D eigenvalue weighted by molar-refractivity contribution is 5.64. The Kier molecular flexibility index (Phi) is 4.33. The van der Waals surface area contributed by atoms with Gasteiger partial charge in [0.05, 0.1) is 12.3 Å². The number of hydrogen-bond acceptors (Lipinski definition) is 4. The van der Waals surface area contributed by atoms with Gasteiger partial charge >= 0.3 is 0 Å². The summed E-state index contributed by atoms with van der Waals surface area (Å²) < 4.78 is 11.7. The van der Waals surface area contributed by atoms with Crippen LogP contribution in [0.15, 0.2) is 5.10 Å². The summed E-state index contributed by atoms with van der Waals surface area (Å²) in [7, 11) is 3.80. The first kappa shape index (κ1) is 13.5. The summed E-state index contributed by atoms with van der Waals surface area (Å²) >= 11 is 0. The fraction of sp³-hybridized carbons (Fsp3) is 0.917. The van der Waals surface area contributed by atoms with Crippen LogP contribution >= 0.6 is 0 Å². The Bertz CT molecular complexity index is 249. The van der Waals surface area contributed by atoms with Crippen molar-refractivity contribution in [3.8, 4) is 0 Å². The summed E-state index contributed by atoms with van der Waals surface area (Å²) in [5, 5.41) is 6.00. The lowest BCUT2D eigenvalue weighted by atomic mass is 10.0. The van der Waals surface area contributed by atoms with Crippen molar-refractivity contribution >= 4 is 6.21 Å². The molecule has 1 aliphatic heterocycles. The molecule has 1 saturated heterocycles. The smallest absolute Gasteiger partial charge is 0.164 e. The van der Waals surface area contributed by atoms with E-state index in [4.69, 9.17) is 9.47 Å². The number of rotatable bonds is 4. The molecule has 0 N–H and O–H groups in total. The topological polar surface area (TPSA) is 34.1 Å². The van der Waals surface area contributed by atoms with Crippen LogP contribution in [0.2, 0.25) is 0 Å². The normalized spacial score (nSPS) is 29.2. The van der Waals surface area contributed by atoms with Crippen LogP contribution in [0.5, 0.6) is 0 Å². The molecular formula is C12H24N2O2. The number of nitrogens with zero attached hydrogens (tertiary/aromatic N) is 2. The third kappa shape index (κ3) is 4.10. The van der Waals surface area contributed by atoms with E-state index in [1.54, 1.807) is 5.01 Å². The van der Waals surface area contributed by atoms with Crippen molar-refractivity contribution in [3.63, 3.8) is 0 Å². The zero-order chi connectivity index (χ0) is 12.3. The highest BCUT2D eigenvalue weighted by atomic mass is 16.7. The molecule has 0 bridgehead atoms. The van der Waals surface area contributed by atoms with Crippen molar-refractivity contribution in [1.82, 2.24) is 5.01 Å². The Balaban J connectivity index is 2.64. The van der Waals surface area contributed by atoms with E-state index < -0.39 is 5.79 Å². The van der Waals surface area contributed by atoms with E-state index in [1.165, 1.54) is 0 Å². The van der Waals surface area contributed by atoms with Gasteiger partial charge in [0, 0.05) is 14.1 Å². The molecule has 4 nitrogen and oxygen atoms in total. The number of hydrogen-bond donors (Lipinski definition) is 0. The minimum Gasteiger partial charge on any atom is -0.344 e. The number of hydrazone groups is 1. The largest absolute Gasteiger partial charge is 0.344 e. The third-order valence-electron chi connectivity index (χ3n) is 2.37. The van der Waals surface area contributed by atoms with Crippen molar-refractivity contribution in [2.24, 2.45) is 11.0 Å². The summed E-state index contributed by atoms with van der Waals surface area (Å²) in [5.74, 6) is 0.0977. The summed E-state index contributed by atoms with van der Waals surface area (Å²) in [6, 6.07) is 0. The zero-order valence-corrected chi connectivity index (χ0v) is 11.2. The second-order valence-electron chi connectivity index (χ2n) is 5.38. The molecule has 1 rings (SSSR count). The minimum absolute atomic E-state index is 0.0419. The molecule has 0 unspecified atom stereocenters. The van der Waals surface area contributed by atoms with Crippen molar-refractivity contribution in [2.75, 3.05) is 14.1 Å². The van der Waals surface area contributed by atoms with Gasteiger partial charge in [0.25, 0.3) is 0 Å². The first-order valence-electron chi connectivity index (χ1n) is 5.87. The van der Waals surface area contributed by atoms with Gasteiger partial charge in [-0.3, -0.25) is 0 Å². The maximum atomic E-state index is 5.87. The average molecular weight is 228 g/mol. The van der Waals surface area contributed by atoms with E-state index in [2.05, 4.69) is 18.9 Å². The summed E-state index contributed by atoms with van der Waals surface area (Å²) in [4.78, 5) is 0. The van der Waals surface area contributed by atoms with Crippen LogP contribution in [0.3, 0.4) is 0 Å². The fourth-order valence-electron chi connectivity index (χ4n) is 1.84. The lowest BCUT2D eigenvalue weighted by Crippen LogP contribution is -2.26. The monoisotopic (exact) mass is 228 g/mol. The molecule has 0 aromatic rings. The molecule has 0 aliphatic carbocycles. The van der Waals surface area contributed by atoms with Crippen LogP contribution in [-0.2, 0) is 9.47 Å². The maximum absolute atomic E-state index is 5.87. The SMILES string of the molecule is CC(C)C[C@@H]1OC(C)(C)O[C@@H]1C=NN(C)C. The molecule has 16 heavy (non-hydrogen) atoms. The van der Waals surface area contributed by atoms with Crippen molar-refractivity contribution < 1.29 is 9.47 Å². The van der Waals surface area contributed by atoms with Gasteiger partial charge in [-0.25, -0.2) is 0 Å². The van der Waals surface area contributed by atoms with Gasteiger partial charge in [0.15, 0.2) is 5.79 Å². The van der Waals surface area contributed by atoms with E-state index in [9.17, 15) is 0 Å². The Morgan fingerprint density at radius 3 is 2.44 bits per heavy atom. The van der Waals surface area contributed by atoms with E-state index in [-0.39, 0.29) is 12.2 Å². The maximum Gasteiger partial charge on any atom is 0.164 e. The van der Waals surface area contributed by atoms with Gasteiger partial charge in [-0.1, -0.05) is 13.8 Å². The molecule has 2 atom stereocenters. The Morgan fingerprint density at radius 1 is 1.31 bits per heavy atom. The van der Waals surface area contributed by atoms with E-state index in [0.29, 0.717) is 5.92 Å². The number of ether oxygens (including phenoxy) is 2. The molecular weight excluding hydrogens is 204 g/mol. The van der Waals surface area contributed by atoms with Crippen LogP contribution < -0.4 is 0 Å². The van der Waals surface area contributed by atoms with Crippen LogP contribution in [0.4, 0.5) is 0 Å². The van der Waals surface area contributed by atoms with Crippen molar-refractivity contribution in [3.05, 3.63) is 0 Å². The fourth-order valence-corrected chi connectivity index (χ4v) is 1.84. The average Bonchev–Trinajstić information content (AvgIpc) is 2.36. The van der Waals surface area contributed by atoms with Crippen LogP contribution in [0.1, 0.15) is 34.1 Å². The lowest BCUT2D eigenvalue weighted by Gasteiger charge is -2.17. The molecule has 4 heteroatoms. The van der Waals surface area contributed by atoms with Gasteiger partial charge in [0.2, 0.25) is 0 Å². The second-order valence-corrected chi connectivity index (χ2v) is 5.38. The first-order valence-corrected chi connectivity index (χ1v) is 5.87. The van der Waals surface area contributed by atoms with Crippen LogP contribution in [0.25, 0.3) is 0 Å². The van der Waals surface area contributed by atoms with E-state index in [1.807, 2.05) is 34.2 Å². The standard InChI is InChI=1S/C12H24N2O2/c1-9(2)7-10-11(8-13-14(5)6)16-12(3,4)15-10/h8-11H,7H2,1-6H3/t10-,11+/m0/s1. The first-order chi connectivity index (χ1) is 7.30. The highest BCUT2D eigenvalue weighted by Crippen LogP contribution is 2.30. The van der Waals surface area contributed by atoms with Gasteiger partial charge in [-0.05, 0) is 26.2 Å². The predicted octanol–water partition coefficient (Wildman–Crippen LogP) is 2.10. The molecule has 0 saturated carbocycles. The Morgan fingerprint density at radius 2 is 1.94 bits per heavy atom. The molecule has 1 fully saturated rings. The van der Waals surface area contributed by atoms with Crippen LogP contribution in [0, 0.1) is 5.92 Å². The summed E-state index contributed by atoms with van der Waals surface area (Å²) in [6.45, 7) is 8.28. The molecule has 0 spiro atoms. The Labute approximate surface area is 98.6 Å². The summed E-state index contributed by atoms with van der Waals surface area (Å²) in [5.41, 5.74) is 0. The molecule has 0 radical (unpaired) electrons. The lowest BCUT2D eigenvalue weighted by molar-refractivity contribution is -0.142. The highest BCUT2D eigenvalue weighted by Gasteiger charge is 2.40. The third-order valence-corrected chi connectivity index (χ3v) is 2.37. The molecule has 1 aliphatic rings. The Hall–Kier alpha value is -0.610. The van der Waals surface area contributed by atoms with Crippen LogP contribution in [-0.4, -0.2) is 43.3 Å². The molecule has 0 aromatic carbocycles. The quantitative estimate of drug-likeness (QED) is 0.546. The minimum atomic E-state index is -0.497. The van der Waals surface area contributed by atoms with Gasteiger partial charge < -0.3 is 14.5 Å². The molecule has 0 amide bonds. The van der Waals surface area contributed by atoms with Crippen molar-refractivity contribution in [2.45, 2.75) is 52.1 Å².